The van der Waals surface area contributed by atoms with E-state index >= 15 is 0 Å². The lowest BCUT2D eigenvalue weighted by molar-refractivity contribution is 0.0985. The van der Waals surface area contributed by atoms with E-state index in [4.69, 9.17) is 15.1 Å². The molecule has 0 amide bonds. The van der Waals surface area contributed by atoms with E-state index in [1.807, 2.05) is 6.92 Å². The summed E-state index contributed by atoms with van der Waals surface area (Å²) in [5.41, 5.74) is 2.84. The highest BCUT2D eigenvalue weighted by atomic mass is 16.5. The molecule has 3 heterocycles. The van der Waals surface area contributed by atoms with Gasteiger partial charge in [-0.25, -0.2) is 9.67 Å². The number of hydrogen-bond acceptors (Lipinski definition) is 5. The molecule has 2 aromatic rings. The Kier molecular flexibility index (Phi) is 3.41. The van der Waals surface area contributed by atoms with Crippen LogP contribution in [0.3, 0.4) is 0 Å². The molecule has 1 N–H and O–H groups in total. The Morgan fingerprint density at radius 3 is 2.86 bits per heavy atom. The summed E-state index contributed by atoms with van der Waals surface area (Å²) in [5.74, 6) is 1.32. The van der Waals surface area contributed by atoms with Crippen LogP contribution in [0, 0.1) is 19.3 Å². The Hall–Kier alpha value is -1.95. The van der Waals surface area contributed by atoms with Crippen LogP contribution in [0.25, 0.3) is 11.0 Å². The van der Waals surface area contributed by atoms with E-state index in [-0.39, 0.29) is 0 Å². The highest BCUT2D eigenvalue weighted by molar-refractivity contribution is 5.92. The third-order valence-electron chi connectivity index (χ3n) is 3.98. The Balaban J connectivity index is 2.17. The summed E-state index contributed by atoms with van der Waals surface area (Å²) in [4.78, 5) is 7.05. The van der Waals surface area contributed by atoms with Crippen LogP contribution >= 0.6 is 0 Å². The third-order valence-corrected chi connectivity index (χ3v) is 3.98. The monoisotopic (exact) mass is 287 g/mol. The van der Waals surface area contributed by atoms with E-state index in [1.54, 1.807) is 11.6 Å². The zero-order valence-corrected chi connectivity index (χ0v) is 13.0. The standard InChI is InChI=1S/C15H21N5O/c1-9-7-13(19-5-6-21-8-10(19)2)17-15-14(9)11(3)18-20(15)12(4)16/h7,10,16H,5-6,8H2,1-4H3. The summed E-state index contributed by atoms with van der Waals surface area (Å²) in [6, 6.07) is 2.42. The van der Waals surface area contributed by atoms with Gasteiger partial charge in [-0.05, 0) is 39.3 Å². The SMILES string of the molecule is CC(=N)n1nc(C)c2c(C)cc(N3CCOCC3C)nc21. The van der Waals surface area contributed by atoms with Gasteiger partial charge in [-0.15, -0.1) is 0 Å². The zero-order chi connectivity index (χ0) is 15.1. The summed E-state index contributed by atoms with van der Waals surface area (Å²) in [6.07, 6.45) is 0. The quantitative estimate of drug-likeness (QED) is 0.644. The van der Waals surface area contributed by atoms with E-state index in [0.717, 1.165) is 47.9 Å². The number of pyridine rings is 1. The van der Waals surface area contributed by atoms with Gasteiger partial charge in [0.05, 0.1) is 24.9 Å². The molecule has 0 aliphatic carbocycles. The number of nitrogens with one attached hydrogen (secondary N) is 1. The number of ether oxygens (including phenoxy) is 1. The largest absolute Gasteiger partial charge is 0.377 e. The van der Waals surface area contributed by atoms with E-state index in [2.05, 4.69) is 29.9 Å². The molecule has 1 unspecified atom stereocenters. The van der Waals surface area contributed by atoms with Gasteiger partial charge in [0.2, 0.25) is 0 Å². The van der Waals surface area contributed by atoms with Crippen molar-refractivity contribution in [3.63, 3.8) is 0 Å². The van der Waals surface area contributed by atoms with Crippen molar-refractivity contribution < 1.29 is 4.74 Å². The van der Waals surface area contributed by atoms with Crippen molar-refractivity contribution in [3.8, 4) is 0 Å². The fourth-order valence-corrected chi connectivity index (χ4v) is 2.94. The maximum atomic E-state index is 7.88. The number of aryl methyl sites for hydroxylation is 2. The Morgan fingerprint density at radius 1 is 1.43 bits per heavy atom. The van der Waals surface area contributed by atoms with Crippen LogP contribution in [0.5, 0.6) is 0 Å². The molecule has 112 valence electrons. The van der Waals surface area contributed by atoms with E-state index in [9.17, 15) is 0 Å². The summed E-state index contributed by atoms with van der Waals surface area (Å²) in [7, 11) is 0. The Bertz CT molecular complexity index is 706. The van der Waals surface area contributed by atoms with E-state index in [0.29, 0.717) is 11.9 Å². The minimum absolute atomic E-state index is 0.307. The van der Waals surface area contributed by atoms with Gasteiger partial charge in [-0.3, -0.25) is 5.41 Å². The molecule has 0 spiro atoms. The van der Waals surface area contributed by atoms with Gasteiger partial charge in [-0.2, -0.15) is 5.10 Å². The average Bonchev–Trinajstić information content (AvgIpc) is 2.77. The van der Waals surface area contributed by atoms with E-state index < -0.39 is 0 Å². The van der Waals surface area contributed by atoms with Crippen molar-refractivity contribution in [2.24, 2.45) is 0 Å². The van der Waals surface area contributed by atoms with Crippen LogP contribution in [-0.2, 0) is 4.74 Å². The smallest absolute Gasteiger partial charge is 0.167 e. The van der Waals surface area contributed by atoms with Gasteiger partial charge in [-0.1, -0.05) is 0 Å². The molecule has 2 aromatic heterocycles. The van der Waals surface area contributed by atoms with Gasteiger partial charge in [0, 0.05) is 11.9 Å². The van der Waals surface area contributed by atoms with Gasteiger partial charge in [0.25, 0.3) is 0 Å². The Labute approximate surface area is 124 Å². The first-order valence-corrected chi connectivity index (χ1v) is 7.26. The van der Waals surface area contributed by atoms with Crippen molar-refractivity contribution in [1.29, 1.82) is 5.41 Å². The second-order valence-corrected chi connectivity index (χ2v) is 5.70. The van der Waals surface area contributed by atoms with Gasteiger partial charge >= 0.3 is 0 Å². The zero-order valence-electron chi connectivity index (χ0n) is 13.0. The first kappa shape index (κ1) is 14.0. The van der Waals surface area contributed by atoms with Crippen molar-refractivity contribution >= 4 is 22.7 Å². The van der Waals surface area contributed by atoms with Gasteiger partial charge in [0.15, 0.2) is 5.65 Å². The topological polar surface area (TPSA) is 67.0 Å². The molecule has 0 saturated carbocycles. The van der Waals surface area contributed by atoms with Gasteiger partial charge in [0.1, 0.15) is 11.7 Å². The molecule has 0 radical (unpaired) electrons. The predicted molar refractivity (Wildman–Crippen MR) is 83.4 cm³/mol. The van der Waals surface area contributed by atoms with Crippen molar-refractivity contribution in [2.45, 2.75) is 33.7 Å². The second kappa shape index (κ2) is 5.11. The molecule has 0 aromatic carbocycles. The number of rotatable bonds is 1. The van der Waals surface area contributed by atoms with Crippen LogP contribution in [0.15, 0.2) is 6.07 Å². The fourth-order valence-electron chi connectivity index (χ4n) is 2.94. The molecular formula is C15H21N5O. The molecule has 1 saturated heterocycles. The third kappa shape index (κ3) is 2.29. The average molecular weight is 287 g/mol. The molecule has 21 heavy (non-hydrogen) atoms. The molecular weight excluding hydrogens is 266 g/mol. The number of anilines is 1. The molecule has 6 nitrogen and oxygen atoms in total. The normalized spacial score (nSPS) is 19.2. The molecule has 1 aliphatic heterocycles. The van der Waals surface area contributed by atoms with Gasteiger partial charge < -0.3 is 9.64 Å². The summed E-state index contributed by atoms with van der Waals surface area (Å²) in [6.45, 7) is 10.2. The number of hydrogen-bond donors (Lipinski definition) is 1. The highest BCUT2D eigenvalue weighted by Crippen LogP contribution is 2.26. The van der Waals surface area contributed by atoms with Crippen LogP contribution in [-0.4, -0.2) is 46.4 Å². The lowest BCUT2D eigenvalue weighted by atomic mass is 10.1. The Morgan fingerprint density at radius 2 is 2.19 bits per heavy atom. The van der Waals surface area contributed by atoms with Crippen LogP contribution in [0.4, 0.5) is 5.82 Å². The van der Waals surface area contributed by atoms with Crippen LogP contribution in [0.2, 0.25) is 0 Å². The lowest BCUT2D eigenvalue weighted by Crippen LogP contribution is -2.44. The van der Waals surface area contributed by atoms with Crippen LogP contribution < -0.4 is 4.90 Å². The van der Waals surface area contributed by atoms with Crippen molar-refractivity contribution in [2.75, 3.05) is 24.7 Å². The highest BCUT2D eigenvalue weighted by Gasteiger charge is 2.22. The minimum atomic E-state index is 0.307. The molecule has 1 atom stereocenters. The fraction of sp³-hybridized carbons (Fsp3) is 0.533. The summed E-state index contributed by atoms with van der Waals surface area (Å²) >= 11 is 0. The second-order valence-electron chi connectivity index (χ2n) is 5.70. The summed E-state index contributed by atoms with van der Waals surface area (Å²) < 4.78 is 7.11. The molecule has 1 fully saturated rings. The molecule has 0 bridgehead atoms. The lowest BCUT2D eigenvalue weighted by Gasteiger charge is -2.34. The number of nitrogens with zero attached hydrogens (tertiary/aromatic N) is 4. The minimum Gasteiger partial charge on any atom is -0.377 e. The van der Waals surface area contributed by atoms with Crippen molar-refractivity contribution in [1.82, 2.24) is 14.8 Å². The first-order chi connectivity index (χ1) is 9.99. The maximum absolute atomic E-state index is 7.88. The summed E-state index contributed by atoms with van der Waals surface area (Å²) in [5, 5.41) is 13.4. The van der Waals surface area contributed by atoms with Crippen molar-refractivity contribution in [3.05, 3.63) is 17.3 Å². The van der Waals surface area contributed by atoms with E-state index in [1.165, 1.54) is 0 Å². The number of morpholine rings is 1. The van der Waals surface area contributed by atoms with Crippen LogP contribution in [0.1, 0.15) is 25.1 Å². The number of fused-ring (bicyclic) bond motifs is 1. The molecule has 3 rings (SSSR count). The predicted octanol–water partition coefficient (Wildman–Crippen LogP) is 2.12. The first-order valence-electron chi connectivity index (χ1n) is 7.26. The molecule has 1 aliphatic rings. The maximum Gasteiger partial charge on any atom is 0.167 e. The number of aromatic nitrogens is 3. The molecule has 6 heteroatoms.